The van der Waals surface area contributed by atoms with Gasteiger partial charge in [0.05, 0.1) is 24.9 Å². The highest BCUT2D eigenvalue weighted by Gasteiger charge is 2.12. The van der Waals surface area contributed by atoms with Gasteiger partial charge in [0.1, 0.15) is 0 Å². The molecule has 0 atom stereocenters. The van der Waals surface area contributed by atoms with E-state index in [1.807, 2.05) is 13.8 Å². The molecule has 18 heavy (non-hydrogen) atoms. The Bertz CT molecular complexity index is 430. The first-order chi connectivity index (χ1) is 8.54. The summed E-state index contributed by atoms with van der Waals surface area (Å²) < 4.78 is 4.65. The van der Waals surface area contributed by atoms with E-state index in [-0.39, 0.29) is 18.5 Å². The molecule has 5 nitrogen and oxygen atoms in total. The minimum Gasteiger partial charge on any atom is -0.465 e. The molecule has 0 unspecified atom stereocenters. The van der Waals surface area contributed by atoms with Crippen LogP contribution in [0.1, 0.15) is 24.2 Å². The molecule has 0 saturated heterocycles. The summed E-state index contributed by atoms with van der Waals surface area (Å²) in [5.74, 6) is -0.664. The predicted octanol–water partition coefficient (Wildman–Crippen LogP) is 1.41. The molecule has 0 aliphatic heterocycles. The van der Waals surface area contributed by atoms with Crippen molar-refractivity contribution in [3.8, 4) is 0 Å². The van der Waals surface area contributed by atoms with E-state index in [1.54, 1.807) is 24.3 Å². The summed E-state index contributed by atoms with van der Waals surface area (Å²) >= 11 is 0. The Hall–Kier alpha value is -1.88. The summed E-state index contributed by atoms with van der Waals surface area (Å²) in [6.45, 7) is 4.11. The maximum absolute atomic E-state index is 11.7. The van der Waals surface area contributed by atoms with Gasteiger partial charge in [0.25, 0.3) is 0 Å². The molecule has 1 amide bonds. The minimum atomic E-state index is -0.470. The first-order valence-electron chi connectivity index (χ1n) is 5.75. The summed E-state index contributed by atoms with van der Waals surface area (Å²) in [5.41, 5.74) is 0.804. The molecule has 5 heteroatoms. The van der Waals surface area contributed by atoms with Crippen LogP contribution in [0.4, 0.5) is 5.69 Å². The van der Waals surface area contributed by atoms with Crippen LogP contribution in [-0.2, 0) is 9.53 Å². The van der Waals surface area contributed by atoms with Crippen LogP contribution in [0.15, 0.2) is 24.3 Å². The van der Waals surface area contributed by atoms with Crippen LogP contribution in [0.2, 0.25) is 0 Å². The molecule has 98 valence electrons. The molecule has 1 aromatic carbocycles. The van der Waals surface area contributed by atoms with Crippen molar-refractivity contribution >= 4 is 17.6 Å². The number of anilines is 1. The van der Waals surface area contributed by atoms with Crippen molar-refractivity contribution in [3.05, 3.63) is 29.8 Å². The van der Waals surface area contributed by atoms with Gasteiger partial charge in [-0.3, -0.25) is 4.79 Å². The molecule has 0 radical (unpaired) electrons. The second-order valence-electron chi connectivity index (χ2n) is 4.12. The van der Waals surface area contributed by atoms with E-state index in [0.717, 1.165) is 0 Å². The smallest absolute Gasteiger partial charge is 0.339 e. The fourth-order valence-corrected chi connectivity index (χ4v) is 1.37. The number of carbonyl (C=O) groups excluding carboxylic acids is 2. The van der Waals surface area contributed by atoms with Crippen LogP contribution in [0.25, 0.3) is 0 Å². The Balaban J connectivity index is 2.72. The van der Waals surface area contributed by atoms with Crippen molar-refractivity contribution in [2.75, 3.05) is 19.0 Å². The lowest BCUT2D eigenvalue weighted by molar-refractivity contribution is -0.115. The van der Waals surface area contributed by atoms with Gasteiger partial charge in [-0.2, -0.15) is 0 Å². The van der Waals surface area contributed by atoms with Crippen molar-refractivity contribution in [1.82, 2.24) is 5.32 Å². The van der Waals surface area contributed by atoms with Crippen LogP contribution >= 0.6 is 0 Å². The zero-order valence-corrected chi connectivity index (χ0v) is 10.8. The number of benzene rings is 1. The summed E-state index contributed by atoms with van der Waals surface area (Å²) in [6.07, 6.45) is 0. The Morgan fingerprint density at radius 3 is 2.56 bits per heavy atom. The number of methoxy groups -OCH3 is 1. The molecule has 1 rings (SSSR count). The van der Waals surface area contributed by atoms with Crippen LogP contribution < -0.4 is 10.6 Å². The molecule has 1 aromatic rings. The molecule has 0 bridgehead atoms. The average molecular weight is 250 g/mol. The predicted molar refractivity (Wildman–Crippen MR) is 69.5 cm³/mol. The van der Waals surface area contributed by atoms with Crippen molar-refractivity contribution < 1.29 is 14.3 Å². The number of hydrogen-bond acceptors (Lipinski definition) is 4. The lowest BCUT2D eigenvalue weighted by atomic mass is 10.2. The number of nitrogens with one attached hydrogen (secondary N) is 2. The lowest BCUT2D eigenvalue weighted by Crippen LogP contribution is -2.33. The average Bonchev–Trinajstić information content (AvgIpc) is 2.36. The number of ether oxygens (including phenoxy) is 1. The van der Waals surface area contributed by atoms with Gasteiger partial charge in [-0.05, 0) is 12.1 Å². The molecule has 0 spiro atoms. The second kappa shape index (κ2) is 6.76. The number of para-hydroxylation sites is 1. The number of carbonyl (C=O) groups is 2. The van der Waals surface area contributed by atoms with Crippen molar-refractivity contribution in [1.29, 1.82) is 0 Å². The number of esters is 1. The number of rotatable bonds is 5. The maximum atomic E-state index is 11.7. The molecule has 0 heterocycles. The molecule has 2 N–H and O–H groups in total. The monoisotopic (exact) mass is 250 g/mol. The highest BCUT2D eigenvalue weighted by Crippen LogP contribution is 2.15. The van der Waals surface area contributed by atoms with E-state index >= 15 is 0 Å². The Labute approximate surface area is 107 Å². The van der Waals surface area contributed by atoms with Gasteiger partial charge in [-0.1, -0.05) is 26.0 Å². The first kappa shape index (κ1) is 14.2. The zero-order valence-electron chi connectivity index (χ0n) is 10.8. The Morgan fingerprint density at radius 2 is 1.94 bits per heavy atom. The van der Waals surface area contributed by atoms with Gasteiger partial charge in [0.15, 0.2) is 0 Å². The van der Waals surface area contributed by atoms with E-state index < -0.39 is 5.97 Å². The van der Waals surface area contributed by atoms with Crippen LogP contribution in [0.3, 0.4) is 0 Å². The van der Waals surface area contributed by atoms with Gasteiger partial charge in [0, 0.05) is 6.04 Å². The number of hydrogen-bond donors (Lipinski definition) is 2. The van der Waals surface area contributed by atoms with E-state index in [1.165, 1.54) is 7.11 Å². The lowest BCUT2D eigenvalue weighted by Gasteiger charge is -2.11. The fraction of sp³-hybridized carbons (Fsp3) is 0.385. The van der Waals surface area contributed by atoms with Crippen molar-refractivity contribution in [3.63, 3.8) is 0 Å². The zero-order chi connectivity index (χ0) is 13.5. The van der Waals surface area contributed by atoms with Gasteiger partial charge in [0.2, 0.25) is 5.91 Å². The molecule has 0 aliphatic rings. The minimum absolute atomic E-state index is 0.194. The number of amides is 1. The molecular weight excluding hydrogens is 232 g/mol. The normalized spacial score (nSPS) is 10.2. The van der Waals surface area contributed by atoms with Gasteiger partial charge in [-0.25, -0.2) is 4.79 Å². The summed E-state index contributed by atoms with van der Waals surface area (Å²) in [6, 6.07) is 6.97. The van der Waals surface area contributed by atoms with E-state index in [2.05, 4.69) is 15.4 Å². The molecule has 0 aliphatic carbocycles. The summed E-state index contributed by atoms with van der Waals surface area (Å²) in [5, 5.41) is 5.68. The fourth-order valence-electron chi connectivity index (χ4n) is 1.37. The standard InChI is InChI=1S/C13H18N2O3/c1-9(2)14-8-12(16)15-11-7-5-4-6-10(11)13(17)18-3/h4-7,9,14H,8H2,1-3H3,(H,15,16). The van der Waals surface area contributed by atoms with E-state index in [9.17, 15) is 9.59 Å². The van der Waals surface area contributed by atoms with Crippen LogP contribution in [-0.4, -0.2) is 31.6 Å². The third-order valence-electron chi connectivity index (χ3n) is 2.28. The molecular formula is C13H18N2O3. The second-order valence-corrected chi connectivity index (χ2v) is 4.12. The van der Waals surface area contributed by atoms with E-state index in [4.69, 9.17) is 0 Å². The quantitative estimate of drug-likeness (QED) is 0.775. The van der Waals surface area contributed by atoms with Crippen molar-refractivity contribution in [2.45, 2.75) is 19.9 Å². The summed E-state index contributed by atoms with van der Waals surface area (Å²) in [4.78, 5) is 23.1. The van der Waals surface area contributed by atoms with Gasteiger partial charge in [-0.15, -0.1) is 0 Å². The van der Waals surface area contributed by atoms with Crippen molar-refractivity contribution in [2.24, 2.45) is 0 Å². The molecule has 0 aromatic heterocycles. The Morgan fingerprint density at radius 1 is 1.28 bits per heavy atom. The molecule has 0 fully saturated rings. The SMILES string of the molecule is COC(=O)c1ccccc1NC(=O)CNC(C)C. The largest absolute Gasteiger partial charge is 0.465 e. The topological polar surface area (TPSA) is 67.4 Å². The maximum Gasteiger partial charge on any atom is 0.339 e. The third kappa shape index (κ3) is 4.18. The van der Waals surface area contributed by atoms with Gasteiger partial charge >= 0.3 is 5.97 Å². The van der Waals surface area contributed by atoms with Crippen LogP contribution in [0.5, 0.6) is 0 Å². The Kier molecular flexibility index (Phi) is 5.32. The summed E-state index contributed by atoms with van der Waals surface area (Å²) in [7, 11) is 1.31. The van der Waals surface area contributed by atoms with Crippen LogP contribution in [0, 0.1) is 0 Å². The third-order valence-corrected chi connectivity index (χ3v) is 2.28. The highest BCUT2D eigenvalue weighted by atomic mass is 16.5. The first-order valence-corrected chi connectivity index (χ1v) is 5.75. The highest BCUT2D eigenvalue weighted by molar-refractivity contribution is 6.01. The van der Waals surface area contributed by atoms with Gasteiger partial charge < -0.3 is 15.4 Å². The molecule has 0 saturated carbocycles. The van der Waals surface area contributed by atoms with E-state index in [0.29, 0.717) is 11.3 Å².